The molecule has 1 unspecified atom stereocenters. The van der Waals surface area contributed by atoms with Crippen LogP contribution in [0.2, 0.25) is 10.0 Å². The number of benzene rings is 2. The van der Waals surface area contributed by atoms with Gasteiger partial charge in [-0.25, -0.2) is 9.97 Å². The van der Waals surface area contributed by atoms with Crippen molar-refractivity contribution in [3.8, 4) is 45.4 Å². The van der Waals surface area contributed by atoms with E-state index in [1.54, 1.807) is 12.4 Å². The molecule has 6 N–H and O–H groups in total. The first-order valence-corrected chi connectivity index (χ1v) is 15.5. The van der Waals surface area contributed by atoms with Crippen molar-refractivity contribution in [3.63, 3.8) is 0 Å². The van der Waals surface area contributed by atoms with Gasteiger partial charge in [-0.3, -0.25) is 24.9 Å². The Labute approximate surface area is 281 Å². The summed E-state index contributed by atoms with van der Waals surface area (Å²) in [6.45, 7) is 0.669. The molecule has 2 aromatic carbocycles. The van der Waals surface area contributed by atoms with E-state index in [0.717, 1.165) is 6.42 Å². The van der Waals surface area contributed by atoms with E-state index in [-0.39, 0.29) is 24.4 Å². The maximum absolute atomic E-state index is 11.5. The number of hydrogen-bond acceptors (Lipinski definition) is 11. The zero-order chi connectivity index (χ0) is 33.5. The maximum Gasteiger partial charge on any atom is 0.237 e. The van der Waals surface area contributed by atoms with Gasteiger partial charge in [0.1, 0.15) is 17.4 Å². The predicted octanol–water partition coefficient (Wildman–Crippen LogP) is 2.90. The van der Waals surface area contributed by atoms with Crippen molar-refractivity contribution in [2.75, 3.05) is 27.4 Å². The normalized spacial score (nSPS) is 14.9. The van der Waals surface area contributed by atoms with Crippen molar-refractivity contribution >= 4 is 35.0 Å². The predicted molar refractivity (Wildman–Crippen MR) is 177 cm³/mol. The van der Waals surface area contributed by atoms with E-state index in [1.165, 1.54) is 14.2 Å². The highest BCUT2D eigenvalue weighted by Gasteiger charge is 2.22. The summed E-state index contributed by atoms with van der Waals surface area (Å²) < 4.78 is 11.0. The zero-order valence-electron chi connectivity index (χ0n) is 25.7. The molecular formula is C32H34Cl2N8O5. The summed E-state index contributed by atoms with van der Waals surface area (Å²) in [6, 6.07) is 10.2. The van der Waals surface area contributed by atoms with Gasteiger partial charge in [0.2, 0.25) is 23.6 Å². The summed E-state index contributed by atoms with van der Waals surface area (Å²) in [5.74, 6) is -0.0424. The first-order valence-electron chi connectivity index (χ1n) is 14.8. The second-order valence-electron chi connectivity index (χ2n) is 10.7. The lowest BCUT2D eigenvalue weighted by Gasteiger charge is -2.16. The minimum atomic E-state index is -0.937. The zero-order valence-corrected chi connectivity index (χ0v) is 27.2. The standard InChI is InChI=1S/C32H34Cl2N8O5/c1-46-31-24(12-36-11-17-9-10-27(44)40-17)37-13-22(41-31)20-7-3-5-18(28(20)33)19-6-4-8-21(29(19)34)23-14-38-25(32(42-23)47-2)15-39-26(16-43)30(35)45/h3-8,13-14,17,26,36,39,43H,9-12,15-16H2,1-2H3,(H2,35,45)(H,40,44)/t17-,26?/m0/s1. The van der Waals surface area contributed by atoms with E-state index < -0.39 is 18.6 Å². The Kier molecular flexibility index (Phi) is 11.2. The van der Waals surface area contributed by atoms with Gasteiger partial charge in [0.25, 0.3) is 0 Å². The first-order chi connectivity index (χ1) is 22.7. The van der Waals surface area contributed by atoms with Gasteiger partial charge in [-0.2, -0.15) is 0 Å². The number of hydrogen-bond donors (Lipinski definition) is 5. The molecule has 1 fully saturated rings. The molecule has 2 aromatic heterocycles. The van der Waals surface area contributed by atoms with Crippen LogP contribution in [0.5, 0.6) is 11.8 Å². The number of nitrogens with zero attached hydrogens (tertiary/aromatic N) is 4. The van der Waals surface area contributed by atoms with Crippen LogP contribution in [0, 0.1) is 0 Å². The summed E-state index contributed by atoms with van der Waals surface area (Å²) in [5, 5.41) is 19.3. The number of aromatic nitrogens is 4. The van der Waals surface area contributed by atoms with Crippen LogP contribution in [-0.2, 0) is 22.7 Å². The van der Waals surface area contributed by atoms with Crippen LogP contribution in [0.1, 0.15) is 24.2 Å². The topological polar surface area (TPSA) is 186 Å². The molecule has 0 aliphatic carbocycles. The highest BCUT2D eigenvalue weighted by Crippen LogP contribution is 2.42. The number of rotatable bonds is 14. The molecule has 0 spiro atoms. The lowest BCUT2D eigenvalue weighted by molar-refractivity contribution is -0.121. The van der Waals surface area contributed by atoms with Gasteiger partial charge >= 0.3 is 0 Å². The highest BCUT2D eigenvalue weighted by molar-refractivity contribution is 6.39. The number of primary amides is 1. The van der Waals surface area contributed by atoms with Gasteiger partial charge in [-0.05, 0) is 6.42 Å². The summed E-state index contributed by atoms with van der Waals surface area (Å²) in [6.07, 6.45) is 4.53. The number of amides is 2. The van der Waals surface area contributed by atoms with E-state index in [1.807, 2.05) is 36.4 Å². The molecule has 2 amide bonds. The molecule has 3 heterocycles. The summed E-state index contributed by atoms with van der Waals surface area (Å²) in [5.41, 5.74) is 9.87. The highest BCUT2D eigenvalue weighted by atomic mass is 35.5. The van der Waals surface area contributed by atoms with Gasteiger partial charge in [0.15, 0.2) is 0 Å². The van der Waals surface area contributed by atoms with Crippen LogP contribution in [0.25, 0.3) is 33.6 Å². The van der Waals surface area contributed by atoms with Crippen molar-refractivity contribution in [1.29, 1.82) is 0 Å². The lowest BCUT2D eigenvalue weighted by Crippen LogP contribution is -2.43. The SMILES string of the molecule is COc1nc(-c2cccc(-c3cccc(-c4cnc(CNC(CO)C(N)=O)c(OC)n4)c3Cl)c2Cl)cnc1CNC[C@@H]1CCC(=O)N1. The number of carbonyl (C=O) groups excluding carboxylic acids is 2. The molecule has 47 heavy (non-hydrogen) atoms. The van der Waals surface area contributed by atoms with Gasteiger partial charge in [0.05, 0.1) is 54.7 Å². The Morgan fingerprint density at radius 2 is 1.49 bits per heavy atom. The van der Waals surface area contributed by atoms with E-state index in [9.17, 15) is 14.7 Å². The molecule has 1 aliphatic rings. The Hall–Kier alpha value is -4.40. The van der Waals surface area contributed by atoms with E-state index >= 15 is 0 Å². The molecule has 1 aliphatic heterocycles. The fourth-order valence-electron chi connectivity index (χ4n) is 5.17. The van der Waals surface area contributed by atoms with Crippen molar-refractivity contribution in [2.45, 2.75) is 38.0 Å². The van der Waals surface area contributed by atoms with E-state index in [0.29, 0.717) is 80.5 Å². The second kappa shape index (κ2) is 15.5. The number of carbonyl (C=O) groups is 2. The van der Waals surface area contributed by atoms with Crippen LogP contribution >= 0.6 is 23.2 Å². The molecule has 13 nitrogen and oxygen atoms in total. The quantitative estimate of drug-likeness (QED) is 0.132. The smallest absolute Gasteiger partial charge is 0.237 e. The number of halogens is 2. The first kappa shape index (κ1) is 33.9. The number of methoxy groups -OCH3 is 2. The van der Waals surface area contributed by atoms with E-state index in [2.05, 4.69) is 35.9 Å². The molecule has 1 saturated heterocycles. The van der Waals surface area contributed by atoms with Crippen LogP contribution in [-0.4, -0.2) is 76.3 Å². The third-order valence-electron chi connectivity index (χ3n) is 7.66. The lowest BCUT2D eigenvalue weighted by atomic mass is 9.98. The van der Waals surface area contributed by atoms with Gasteiger partial charge in [-0.15, -0.1) is 0 Å². The van der Waals surface area contributed by atoms with Gasteiger partial charge in [-0.1, -0.05) is 59.6 Å². The van der Waals surface area contributed by atoms with Crippen LogP contribution in [0.15, 0.2) is 48.8 Å². The average molecular weight is 682 g/mol. The maximum atomic E-state index is 11.5. The third-order valence-corrected chi connectivity index (χ3v) is 8.47. The number of ether oxygens (including phenoxy) is 2. The molecule has 15 heteroatoms. The Bertz CT molecular complexity index is 1780. The minimum Gasteiger partial charge on any atom is -0.480 e. The van der Waals surface area contributed by atoms with Crippen molar-refractivity contribution in [2.24, 2.45) is 5.73 Å². The number of aliphatic hydroxyl groups is 1. The molecule has 0 saturated carbocycles. The molecule has 2 atom stereocenters. The minimum absolute atomic E-state index is 0.0688. The fourth-order valence-corrected chi connectivity index (χ4v) is 5.82. The monoisotopic (exact) mass is 680 g/mol. The van der Waals surface area contributed by atoms with Crippen molar-refractivity contribution in [3.05, 3.63) is 70.2 Å². The van der Waals surface area contributed by atoms with Crippen LogP contribution in [0.4, 0.5) is 0 Å². The number of aliphatic hydroxyl groups excluding tert-OH is 1. The molecular weight excluding hydrogens is 647 g/mol. The Morgan fingerprint density at radius 1 is 0.957 bits per heavy atom. The van der Waals surface area contributed by atoms with Crippen LogP contribution < -0.4 is 31.2 Å². The van der Waals surface area contributed by atoms with Gasteiger partial charge in [0, 0.05) is 54.4 Å². The number of nitrogens with one attached hydrogen (secondary N) is 3. The van der Waals surface area contributed by atoms with Crippen molar-refractivity contribution in [1.82, 2.24) is 35.9 Å². The molecule has 246 valence electrons. The largest absolute Gasteiger partial charge is 0.480 e. The van der Waals surface area contributed by atoms with Crippen LogP contribution in [0.3, 0.4) is 0 Å². The molecule has 4 aromatic rings. The Morgan fingerprint density at radius 3 is 1.96 bits per heavy atom. The van der Waals surface area contributed by atoms with Gasteiger partial charge < -0.3 is 30.9 Å². The summed E-state index contributed by atoms with van der Waals surface area (Å²) >= 11 is 14.0. The van der Waals surface area contributed by atoms with Crippen molar-refractivity contribution < 1.29 is 24.2 Å². The molecule has 5 rings (SSSR count). The number of nitrogens with two attached hydrogens (primary N) is 1. The van der Waals surface area contributed by atoms with E-state index in [4.69, 9.17) is 38.4 Å². The third kappa shape index (κ3) is 7.77. The second-order valence-corrected chi connectivity index (χ2v) is 11.5. The molecule has 0 radical (unpaired) electrons. The Balaban J connectivity index is 1.39. The summed E-state index contributed by atoms with van der Waals surface area (Å²) in [7, 11) is 2.99. The molecule has 0 bridgehead atoms. The summed E-state index contributed by atoms with van der Waals surface area (Å²) in [4.78, 5) is 41.3. The average Bonchev–Trinajstić information content (AvgIpc) is 3.50. The fraction of sp³-hybridized carbons (Fsp3) is 0.312.